The minimum atomic E-state index is -0.223. The van der Waals surface area contributed by atoms with E-state index >= 15 is 0 Å². The number of nitrogens with one attached hydrogen (secondary N) is 1. The third-order valence-electron chi connectivity index (χ3n) is 6.21. The van der Waals surface area contributed by atoms with Crippen LogP contribution in [0.25, 0.3) is 38.6 Å². The molecular formula is C31H23N5OS. The lowest BCUT2D eigenvalue weighted by molar-refractivity contribution is -0.118. The van der Waals surface area contributed by atoms with Gasteiger partial charge in [-0.05, 0) is 39.7 Å². The smallest absolute Gasteiger partial charge is 0.250 e. The van der Waals surface area contributed by atoms with Gasteiger partial charge in [-0.3, -0.25) is 9.36 Å². The maximum Gasteiger partial charge on any atom is 0.250 e. The molecule has 0 saturated heterocycles. The number of fused-ring (bicyclic) bond motifs is 2. The van der Waals surface area contributed by atoms with Crippen LogP contribution in [-0.2, 0) is 4.79 Å². The number of rotatable bonds is 7. The standard InChI is InChI=1S/C31H23N5OS/c37-29(33-32-20-28-26-17-9-7-13-23(26)19-24-14-8-10-18-27(24)28)21-38-31-35-34-30(22-11-3-1-4-12-22)36(31)25-15-5-2-6-16-25/h1-20H,21H2,(H,33,37). The number of carbonyl (C=O) groups excluding carboxylic acids is 1. The van der Waals surface area contributed by atoms with Crippen molar-refractivity contribution in [2.24, 2.45) is 5.10 Å². The van der Waals surface area contributed by atoms with Crippen LogP contribution in [0.5, 0.6) is 0 Å². The molecule has 184 valence electrons. The van der Waals surface area contributed by atoms with Crippen LogP contribution in [0.15, 0.2) is 126 Å². The topological polar surface area (TPSA) is 72.2 Å². The van der Waals surface area contributed by atoms with Crippen LogP contribution in [0.2, 0.25) is 0 Å². The fourth-order valence-electron chi connectivity index (χ4n) is 4.47. The molecule has 1 N–H and O–H groups in total. The first-order valence-corrected chi connectivity index (χ1v) is 13.2. The van der Waals surface area contributed by atoms with E-state index in [1.807, 2.05) is 89.5 Å². The molecule has 38 heavy (non-hydrogen) atoms. The Morgan fingerprint density at radius 3 is 2.08 bits per heavy atom. The van der Waals surface area contributed by atoms with Gasteiger partial charge >= 0.3 is 0 Å². The molecule has 0 bridgehead atoms. The molecule has 6 aromatic rings. The molecule has 1 amide bonds. The lowest BCUT2D eigenvalue weighted by Gasteiger charge is -2.10. The SMILES string of the molecule is O=C(CSc1nnc(-c2ccccc2)n1-c1ccccc1)NN=Cc1c2ccccc2cc2ccccc12. The Kier molecular flexibility index (Phi) is 6.66. The molecule has 5 aromatic carbocycles. The minimum absolute atomic E-state index is 0.146. The van der Waals surface area contributed by atoms with Crippen LogP contribution < -0.4 is 5.43 Å². The Balaban J connectivity index is 1.22. The van der Waals surface area contributed by atoms with E-state index in [2.05, 4.69) is 51.1 Å². The van der Waals surface area contributed by atoms with Gasteiger partial charge in [0.1, 0.15) is 0 Å². The molecule has 0 aliphatic rings. The Bertz CT molecular complexity index is 1710. The monoisotopic (exact) mass is 513 g/mol. The molecule has 0 aliphatic heterocycles. The number of amides is 1. The van der Waals surface area contributed by atoms with E-state index in [0.717, 1.165) is 44.2 Å². The van der Waals surface area contributed by atoms with Crippen molar-refractivity contribution in [3.05, 3.63) is 121 Å². The van der Waals surface area contributed by atoms with Gasteiger partial charge < -0.3 is 0 Å². The summed E-state index contributed by atoms with van der Waals surface area (Å²) in [4.78, 5) is 12.8. The first kappa shape index (κ1) is 23.6. The number of para-hydroxylation sites is 1. The van der Waals surface area contributed by atoms with Crippen molar-refractivity contribution < 1.29 is 4.79 Å². The van der Waals surface area contributed by atoms with Gasteiger partial charge in [-0.25, -0.2) is 5.43 Å². The predicted octanol–water partition coefficient (Wildman–Crippen LogP) is 6.48. The van der Waals surface area contributed by atoms with E-state index in [1.165, 1.54) is 11.8 Å². The lowest BCUT2D eigenvalue weighted by atomic mass is 9.97. The molecule has 7 heteroatoms. The molecule has 1 heterocycles. The second kappa shape index (κ2) is 10.7. The lowest BCUT2D eigenvalue weighted by Crippen LogP contribution is -2.20. The van der Waals surface area contributed by atoms with Crippen molar-refractivity contribution in [2.45, 2.75) is 5.16 Å². The minimum Gasteiger partial charge on any atom is -0.272 e. The average molecular weight is 514 g/mol. The molecule has 1 aromatic heterocycles. The summed E-state index contributed by atoms with van der Waals surface area (Å²) in [7, 11) is 0. The number of benzene rings is 5. The van der Waals surface area contributed by atoms with Crippen LogP contribution in [-0.4, -0.2) is 32.6 Å². The van der Waals surface area contributed by atoms with Gasteiger partial charge in [0.2, 0.25) is 0 Å². The van der Waals surface area contributed by atoms with Crippen LogP contribution in [0.3, 0.4) is 0 Å². The molecule has 6 nitrogen and oxygen atoms in total. The predicted molar refractivity (Wildman–Crippen MR) is 155 cm³/mol. The van der Waals surface area contributed by atoms with Gasteiger partial charge in [-0.2, -0.15) is 5.10 Å². The van der Waals surface area contributed by atoms with Gasteiger partial charge in [-0.15, -0.1) is 10.2 Å². The maximum atomic E-state index is 12.8. The Morgan fingerprint density at radius 2 is 1.39 bits per heavy atom. The Morgan fingerprint density at radius 1 is 0.789 bits per heavy atom. The van der Waals surface area contributed by atoms with Gasteiger partial charge in [0.25, 0.3) is 5.91 Å². The van der Waals surface area contributed by atoms with Crippen molar-refractivity contribution in [2.75, 3.05) is 5.75 Å². The zero-order valence-electron chi connectivity index (χ0n) is 20.4. The molecule has 0 radical (unpaired) electrons. The highest BCUT2D eigenvalue weighted by molar-refractivity contribution is 7.99. The highest BCUT2D eigenvalue weighted by Gasteiger charge is 2.17. The third-order valence-corrected chi connectivity index (χ3v) is 7.14. The van der Waals surface area contributed by atoms with Crippen molar-refractivity contribution in [1.29, 1.82) is 0 Å². The molecule has 0 unspecified atom stereocenters. The van der Waals surface area contributed by atoms with E-state index in [0.29, 0.717) is 5.16 Å². The number of carbonyl (C=O) groups is 1. The quantitative estimate of drug-likeness (QED) is 0.115. The van der Waals surface area contributed by atoms with Crippen molar-refractivity contribution in [3.8, 4) is 17.1 Å². The van der Waals surface area contributed by atoms with Crippen molar-refractivity contribution in [3.63, 3.8) is 0 Å². The summed E-state index contributed by atoms with van der Waals surface area (Å²) >= 11 is 1.32. The summed E-state index contributed by atoms with van der Waals surface area (Å²) in [5.74, 6) is 0.646. The van der Waals surface area contributed by atoms with Crippen molar-refractivity contribution in [1.82, 2.24) is 20.2 Å². The van der Waals surface area contributed by atoms with E-state index in [-0.39, 0.29) is 11.7 Å². The molecular weight excluding hydrogens is 490 g/mol. The van der Waals surface area contributed by atoms with E-state index < -0.39 is 0 Å². The number of hydrogen-bond donors (Lipinski definition) is 1. The number of aromatic nitrogens is 3. The van der Waals surface area contributed by atoms with Crippen molar-refractivity contribution >= 4 is 45.4 Å². The number of hydrazone groups is 1. The number of nitrogens with zero attached hydrogens (tertiary/aromatic N) is 4. The normalized spacial score (nSPS) is 11.4. The average Bonchev–Trinajstić information content (AvgIpc) is 3.40. The summed E-state index contributed by atoms with van der Waals surface area (Å²) in [6, 6.07) is 38.3. The van der Waals surface area contributed by atoms with E-state index in [1.54, 1.807) is 6.21 Å². The summed E-state index contributed by atoms with van der Waals surface area (Å²) in [6.45, 7) is 0. The van der Waals surface area contributed by atoms with Crippen LogP contribution in [0.4, 0.5) is 0 Å². The second-order valence-electron chi connectivity index (χ2n) is 8.66. The highest BCUT2D eigenvalue weighted by Crippen LogP contribution is 2.29. The summed E-state index contributed by atoms with van der Waals surface area (Å²) in [5, 5.41) is 18.2. The molecule has 0 aliphatic carbocycles. The largest absolute Gasteiger partial charge is 0.272 e. The van der Waals surface area contributed by atoms with E-state index in [9.17, 15) is 4.79 Å². The number of thioether (sulfide) groups is 1. The molecule has 0 atom stereocenters. The number of hydrogen-bond acceptors (Lipinski definition) is 5. The van der Waals surface area contributed by atoms with Crippen LogP contribution in [0, 0.1) is 0 Å². The fraction of sp³-hybridized carbons (Fsp3) is 0.0323. The molecule has 0 saturated carbocycles. The molecule has 0 spiro atoms. The zero-order valence-corrected chi connectivity index (χ0v) is 21.2. The first-order valence-electron chi connectivity index (χ1n) is 12.2. The zero-order chi connectivity index (χ0) is 25.7. The van der Waals surface area contributed by atoms with Gasteiger partial charge in [-0.1, -0.05) is 109 Å². The molecule has 6 rings (SSSR count). The van der Waals surface area contributed by atoms with Crippen LogP contribution >= 0.6 is 11.8 Å². The van der Waals surface area contributed by atoms with E-state index in [4.69, 9.17) is 0 Å². The first-order chi connectivity index (χ1) is 18.8. The third kappa shape index (κ3) is 4.79. The second-order valence-corrected chi connectivity index (χ2v) is 9.60. The summed E-state index contributed by atoms with van der Waals surface area (Å²) < 4.78 is 1.97. The Hall–Kier alpha value is -4.75. The summed E-state index contributed by atoms with van der Waals surface area (Å²) in [6.07, 6.45) is 1.73. The molecule has 0 fully saturated rings. The van der Waals surface area contributed by atoms with Gasteiger partial charge in [0.05, 0.1) is 12.0 Å². The van der Waals surface area contributed by atoms with Crippen LogP contribution in [0.1, 0.15) is 5.56 Å². The fourth-order valence-corrected chi connectivity index (χ4v) is 5.21. The Labute approximate surface area is 224 Å². The maximum absolute atomic E-state index is 12.8. The van der Waals surface area contributed by atoms with Gasteiger partial charge in [0, 0.05) is 16.8 Å². The highest BCUT2D eigenvalue weighted by atomic mass is 32.2. The summed E-state index contributed by atoms with van der Waals surface area (Å²) in [5.41, 5.74) is 5.54. The van der Waals surface area contributed by atoms with Gasteiger partial charge in [0.15, 0.2) is 11.0 Å².